The van der Waals surface area contributed by atoms with E-state index in [-0.39, 0.29) is 5.28 Å². The van der Waals surface area contributed by atoms with Crippen molar-refractivity contribution in [2.75, 3.05) is 23.4 Å². The van der Waals surface area contributed by atoms with Gasteiger partial charge in [0.1, 0.15) is 10.8 Å². The van der Waals surface area contributed by atoms with E-state index in [9.17, 15) is 0 Å². The molecule has 2 rings (SSSR count). The standard InChI is InChI=1S/C10H13Cl2N3S/c11-8-6-14-10(12)15-9(8)13-5-7-1-3-16-4-2-7/h6-7H,1-5H2,(H,13,14,15). The average molecular weight is 278 g/mol. The van der Waals surface area contributed by atoms with Gasteiger partial charge in [0.25, 0.3) is 0 Å². The fraction of sp³-hybridized carbons (Fsp3) is 0.600. The van der Waals surface area contributed by atoms with E-state index >= 15 is 0 Å². The molecule has 6 heteroatoms. The van der Waals surface area contributed by atoms with E-state index in [1.807, 2.05) is 11.8 Å². The van der Waals surface area contributed by atoms with Crippen LogP contribution in [-0.4, -0.2) is 28.0 Å². The van der Waals surface area contributed by atoms with E-state index in [1.165, 1.54) is 30.5 Å². The molecule has 0 amide bonds. The summed E-state index contributed by atoms with van der Waals surface area (Å²) < 4.78 is 0. The van der Waals surface area contributed by atoms with Gasteiger partial charge in [-0.15, -0.1) is 0 Å². The highest BCUT2D eigenvalue weighted by Gasteiger charge is 2.14. The van der Waals surface area contributed by atoms with Crippen molar-refractivity contribution in [2.24, 2.45) is 5.92 Å². The Bertz CT molecular complexity index is 356. The highest BCUT2D eigenvalue weighted by molar-refractivity contribution is 7.99. The topological polar surface area (TPSA) is 37.8 Å². The van der Waals surface area contributed by atoms with Crippen LogP contribution in [0.2, 0.25) is 10.3 Å². The molecule has 0 saturated carbocycles. The molecular weight excluding hydrogens is 265 g/mol. The summed E-state index contributed by atoms with van der Waals surface area (Å²) >= 11 is 13.7. The van der Waals surface area contributed by atoms with Gasteiger partial charge in [-0.3, -0.25) is 0 Å². The number of anilines is 1. The van der Waals surface area contributed by atoms with Gasteiger partial charge in [0.15, 0.2) is 0 Å². The molecule has 0 bridgehead atoms. The van der Waals surface area contributed by atoms with E-state index in [2.05, 4.69) is 15.3 Å². The Kier molecular flexibility index (Phi) is 4.55. The molecule has 0 spiro atoms. The Balaban J connectivity index is 1.90. The van der Waals surface area contributed by atoms with Crippen LogP contribution in [-0.2, 0) is 0 Å². The maximum Gasteiger partial charge on any atom is 0.224 e. The van der Waals surface area contributed by atoms with Crippen LogP contribution >= 0.6 is 35.0 Å². The molecule has 0 radical (unpaired) electrons. The first-order valence-corrected chi connectivity index (χ1v) is 7.16. The van der Waals surface area contributed by atoms with Gasteiger partial charge in [0, 0.05) is 6.54 Å². The molecule has 1 aromatic rings. The minimum atomic E-state index is 0.228. The lowest BCUT2D eigenvalue weighted by atomic mass is 10.0. The third-order valence-electron chi connectivity index (χ3n) is 2.61. The zero-order valence-corrected chi connectivity index (χ0v) is 11.1. The van der Waals surface area contributed by atoms with Gasteiger partial charge < -0.3 is 5.32 Å². The lowest BCUT2D eigenvalue weighted by Gasteiger charge is -2.21. The lowest BCUT2D eigenvalue weighted by Crippen LogP contribution is -2.19. The summed E-state index contributed by atoms with van der Waals surface area (Å²) in [7, 11) is 0. The van der Waals surface area contributed by atoms with Crippen molar-refractivity contribution < 1.29 is 0 Å². The summed E-state index contributed by atoms with van der Waals surface area (Å²) in [6, 6.07) is 0. The molecule has 1 fully saturated rings. The summed E-state index contributed by atoms with van der Waals surface area (Å²) in [6.45, 7) is 0.910. The fourth-order valence-electron chi connectivity index (χ4n) is 1.66. The van der Waals surface area contributed by atoms with E-state index < -0.39 is 0 Å². The normalized spacial score (nSPS) is 17.4. The quantitative estimate of drug-likeness (QED) is 0.860. The van der Waals surface area contributed by atoms with Crippen LogP contribution < -0.4 is 5.32 Å². The van der Waals surface area contributed by atoms with Crippen LogP contribution in [0.15, 0.2) is 6.20 Å². The average Bonchev–Trinajstić information content (AvgIpc) is 2.32. The molecule has 2 heterocycles. The number of aromatic nitrogens is 2. The molecule has 88 valence electrons. The summed E-state index contributed by atoms with van der Waals surface area (Å²) in [6.07, 6.45) is 4.04. The largest absolute Gasteiger partial charge is 0.368 e. The van der Waals surface area contributed by atoms with Gasteiger partial charge in [-0.25, -0.2) is 4.98 Å². The minimum Gasteiger partial charge on any atom is -0.368 e. The molecule has 1 N–H and O–H groups in total. The van der Waals surface area contributed by atoms with Crippen molar-refractivity contribution in [3.8, 4) is 0 Å². The van der Waals surface area contributed by atoms with Crippen molar-refractivity contribution in [1.29, 1.82) is 0 Å². The fourth-order valence-corrected chi connectivity index (χ4v) is 3.16. The van der Waals surface area contributed by atoms with Crippen LogP contribution in [0.5, 0.6) is 0 Å². The minimum absolute atomic E-state index is 0.228. The van der Waals surface area contributed by atoms with E-state index in [4.69, 9.17) is 23.2 Å². The molecule has 0 aliphatic carbocycles. The Labute approximate surface area is 109 Å². The van der Waals surface area contributed by atoms with Crippen LogP contribution in [0.3, 0.4) is 0 Å². The molecule has 3 nitrogen and oxygen atoms in total. The molecule has 0 aromatic carbocycles. The number of rotatable bonds is 3. The van der Waals surface area contributed by atoms with Gasteiger partial charge in [0.2, 0.25) is 5.28 Å². The molecule has 1 aliphatic heterocycles. The second kappa shape index (κ2) is 5.94. The Morgan fingerprint density at radius 3 is 2.88 bits per heavy atom. The number of halogens is 2. The van der Waals surface area contributed by atoms with Crippen LogP contribution in [0, 0.1) is 5.92 Å². The number of nitrogens with one attached hydrogen (secondary N) is 1. The van der Waals surface area contributed by atoms with Crippen molar-refractivity contribution in [2.45, 2.75) is 12.8 Å². The van der Waals surface area contributed by atoms with Gasteiger partial charge in [0.05, 0.1) is 6.20 Å². The molecule has 1 aliphatic rings. The Morgan fingerprint density at radius 1 is 1.38 bits per heavy atom. The van der Waals surface area contributed by atoms with E-state index in [1.54, 1.807) is 0 Å². The summed E-state index contributed by atoms with van der Waals surface area (Å²) in [4.78, 5) is 7.88. The van der Waals surface area contributed by atoms with Crippen molar-refractivity contribution in [3.05, 3.63) is 16.5 Å². The monoisotopic (exact) mass is 277 g/mol. The molecule has 16 heavy (non-hydrogen) atoms. The third kappa shape index (κ3) is 3.40. The number of thioether (sulfide) groups is 1. The predicted molar refractivity (Wildman–Crippen MR) is 70.6 cm³/mol. The van der Waals surface area contributed by atoms with Crippen molar-refractivity contribution in [1.82, 2.24) is 9.97 Å². The summed E-state index contributed by atoms with van der Waals surface area (Å²) in [5, 5.41) is 4.00. The lowest BCUT2D eigenvalue weighted by molar-refractivity contribution is 0.515. The Hall–Kier alpha value is -0.190. The van der Waals surface area contributed by atoms with Gasteiger partial charge >= 0.3 is 0 Å². The van der Waals surface area contributed by atoms with Gasteiger partial charge in [-0.05, 0) is 41.9 Å². The van der Waals surface area contributed by atoms with Crippen LogP contribution in [0.25, 0.3) is 0 Å². The van der Waals surface area contributed by atoms with Crippen molar-refractivity contribution >= 4 is 40.8 Å². The highest BCUT2D eigenvalue weighted by atomic mass is 35.5. The molecule has 0 atom stereocenters. The summed E-state index contributed by atoms with van der Waals surface area (Å²) in [5.74, 6) is 3.86. The first-order valence-electron chi connectivity index (χ1n) is 5.25. The maximum absolute atomic E-state index is 5.96. The molecule has 1 saturated heterocycles. The van der Waals surface area contributed by atoms with Crippen LogP contribution in [0.1, 0.15) is 12.8 Å². The van der Waals surface area contributed by atoms with Gasteiger partial charge in [-0.1, -0.05) is 11.6 Å². The second-order valence-electron chi connectivity index (χ2n) is 3.77. The first-order chi connectivity index (χ1) is 7.75. The number of hydrogen-bond acceptors (Lipinski definition) is 4. The van der Waals surface area contributed by atoms with E-state index in [0.29, 0.717) is 16.8 Å². The molecular formula is C10H13Cl2N3S. The first kappa shape index (κ1) is 12.3. The second-order valence-corrected chi connectivity index (χ2v) is 5.74. The highest BCUT2D eigenvalue weighted by Crippen LogP contribution is 2.24. The maximum atomic E-state index is 5.96. The molecule has 0 unspecified atom stereocenters. The van der Waals surface area contributed by atoms with Crippen LogP contribution in [0.4, 0.5) is 5.82 Å². The Morgan fingerprint density at radius 2 is 2.12 bits per heavy atom. The van der Waals surface area contributed by atoms with Crippen molar-refractivity contribution in [3.63, 3.8) is 0 Å². The zero-order chi connectivity index (χ0) is 11.4. The third-order valence-corrected chi connectivity index (χ3v) is 4.12. The van der Waals surface area contributed by atoms with Gasteiger partial charge in [-0.2, -0.15) is 16.7 Å². The summed E-state index contributed by atoms with van der Waals surface area (Å²) in [5.41, 5.74) is 0. The number of hydrogen-bond donors (Lipinski definition) is 1. The smallest absolute Gasteiger partial charge is 0.224 e. The zero-order valence-electron chi connectivity index (χ0n) is 8.75. The SMILES string of the molecule is Clc1ncc(Cl)c(NCC2CCSCC2)n1. The molecule has 1 aromatic heterocycles. The van der Waals surface area contributed by atoms with E-state index in [0.717, 1.165) is 6.54 Å². The predicted octanol–water partition coefficient (Wildman–Crippen LogP) is 3.34. The number of nitrogens with zero attached hydrogens (tertiary/aromatic N) is 2.